The zero-order valence-corrected chi connectivity index (χ0v) is 16.2. The van der Waals surface area contributed by atoms with Gasteiger partial charge in [0.1, 0.15) is 5.75 Å². The van der Waals surface area contributed by atoms with Crippen molar-refractivity contribution < 1.29 is 14.3 Å². The molecule has 0 saturated heterocycles. The molecule has 1 aliphatic carbocycles. The summed E-state index contributed by atoms with van der Waals surface area (Å²) < 4.78 is 5.52. The summed E-state index contributed by atoms with van der Waals surface area (Å²) in [5.41, 5.74) is 3.88. The summed E-state index contributed by atoms with van der Waals surface area (Å²) in [4.78, 5) is 26.7. The number of carbonyl (C=O) groups excluding carboxylic acids is 2. The Morgan fingerprint density at radius 2 is 1.96 bits per heavy atom. The Morgan fingerprint density at radius 1 is 1.24 bits per heavy atom. The minimum Gasteiger partial charge on any atom is -0.495 e. The number of rotatable bonds is 4. The summed E-state index contributed by atoms with van der Waals surface area (Å²) in [7, 11) is 3.38. The number of carbonyl (C=O) groups is 2. The number of benzene rings is 1. The van der Waals surface area contributed by atoms with Crippen molar-refractivity contribution >= 4 is 29.8 Å². The topological polar surface area (TPSA) is 58.6 Å². The van der Waals surface area contributed by atoms with Gasteiger partial charge in [-0.05, 0) is 36.5 Å². The van der Waals surface area contributed by atoms with Crippen LogP contribution in [0.2, 0.25) is 0 Å². The fourth-order valence-corrected chi connectivity index (χ4v) is 3.81. The van der Waals surface area contributed by atoms with Crippen LogP contribution >= 0.6 is 12.4 Å². The van der Waals surface area contributed by atoms with Gasteiger partial charge in [-0.1, -0.05) is 13.8 Å². The highest BCUT2D eigenvalue weighted by Gasteiger charge is 2.34. The predicted molar refractivity (Wildman–Crippen MR) is 101 cm³/mol. The molecule has 0 fully saturated rings. The summed E-state index contributed by atoms with van der Waals surface area (Å²) in [5, 5.41) is 3.38. The number of hydrogen-bond donors (Lipinski definition) is 1. The summed E-state index contributed by atoms with van der Waals surface area (Å²) >= 11 is 0. The number of fused-ring (bicyclic) bond motifs is 3. The van der Waals surface area contributed by atoms with Crippen molar-refractivity contribution in [1.29, 1.82) is 0 Å². The molecule has 1 aliphatic heterocycles. The highest BCUT2D eigenvalue weighted by Crippen LogP contribution is 2.42. The fourth-order valence-electron chi connectivity index (χ4n) is 3.81. The molecular formula is C19H27ClN2O3. The van der Waals surface area contributed by atoms with Crippen LogP contribution in [0.3, 0.4) is 0 Å². The molecule has 6 heteroatoms. The van der Waals surface area contributed by atoms with E-state index in [0.717, 1.165) is 35.2 Å². The van der Waals surface area contributed by atoms with Crippen molar-refractivity contribution in [1.82, 2.24) is 5.32 Å². The molecule has 5 nitrogen and oxygen atoms in total. The zero-order chi connectivity index (χ0) is 17.4. The summed E-state index contributed by atoms with van der Waals surface area (Å²) in [5.74, 6) is 0.947. The van der Waals surface area contributed by atoms with Crippen LogP contribution in [0.5, 0.6) is 5.75 Å². The van der Waals surface area contributed by atoms with Gasteiger partial charge in [-0.2, -0.15) is 0 Å². The average Bonchev–Trinajstić information content (AvgIpc) is 2.56. The van der Waals surface area contributed by atoms with Crippen molar-refractivity contribution in [3.05, 3.63) is 22.8 Å². The Hall–Kier alpha value is -1.59. The molecule has 1 amide bonds. The molecule has 3 rings (SSSR count). The molecule has 1 heterocycles. The van der Waals surface area contributed by atoms with Gasteiger partial charge in [0.2, 0.25) is 5.91 Å². The van der Waals surface area contributed by atoms with Gasteiger partial charge < -0.3 is 15.0 Å². The van der Waals surface area contributed by atoms with Crippen molar-refractivity contribution in [2.24, 2.45) is 5.92 Å². The molecular weight excluding hydrogens is 340 g/mol. The van der Waals surface area contributed by atoms with E-state index in [-0.39, 0.29) is 30.0 Å². The van der Waals surface area contributed by atoms with E-state index in [0.29, 0.717) is 31.2 Å². The maximum absolute atomic E-state index is 13.0. The maximum atomic E-state index is 13.0. The largest absolute Gasteiger partial charge is 0.495 e. The number of ketones is 1. The molecule has 25 heavy (non-hydrogen) atoms. The molecule has 1 aromatic rings. The van der Waals surface area contributed by atoms with E-state index in [1.54, 1.807) is 19.1 Å². The van der Waals surface area contributed by atoms with E-state index in [1.807, 2.05) is 6.07 Å². The third-order valence-corrected chi connectivity index (χ3v) is 5.15. The number of ether oxygens (including phenoxy) is 1. The molecule has 0 bridgehead atoms. The lowest BCUT2D eigenvalue weighted by Crippen LogP contribution is -2.37. The van der Waals surface area contributed by atoms with Crippen LogP contribution in [0, 0.1) is 5.92 Å². The monoisotopic (exact) mass is 366 g/mol. The molecule has 138 valence electrons. The van der Waals surface area contributed by atoms with Crippen LogP contribution in [0.25, 0.3) is 0 Å². The van der Waals surface area contributed by atoms with E-state index in [4.69, 9.17) is 4.74 Å². The van der Waals surface area contributed by atoms with E-state index >= 15 is 0 Å². The highest BCUT2D eigenvalue weighted by molar-refractivity contribution is 6.04. The number of methoxy groups -OCH3 is 1. The molecule has 0 saturated carbocycles. The Bertz CT molecular complexity index is 688. The lowest BCUT2D eigenvalue weighted by atomic mass is 9.78. The number of nitrogens with one attached hydrogen (secondary N) is 1. The SMILES string of the molecule is COc1cc2c(c3c1N(C)C(=O)CC3)CCC(CNC(C)C)C2=O.Cl. The van der Waals surface area contributed by atoms with Crippen LogP contribution in [0.4, 0.5) is 5.69 Å². The Labute approximate surface area is 155 Å². The summed E-state index contributed by atoms with van der Waals surface area (Å²) in [6.07, 6.45) is 2.94. The van der Waals surface area contributed by atoms with Crippen molar-refractivity contribution in [3.8, 4) is 5.75 Å². The van der Waals surface area contributed by atoms with Crippen LogP contribution in [0.15, 0.2) is 6.07 Å². The second-order valence-electron chi connectivity index (χ2n) is 7.05. The molecule has 0 radical (unpaired) electrons. The van der Waals surface area contributed by atoms with Gasteiger partial charge in [0.15, 0.2) is 5.78 Å². The first-order valence-electron chi connectivity index (χ1n) is 8.71. The van der Waals surface area contributed by atoms with Gasteiger partial charge in [0, 0.05) is 37.5 Å². The Kier molecular flexibility index (Phi) is 6.12. The Balaban J connectivity index is 0.00000225. The fraction of sp³-hybridized carbons (Fsp3) is 0.579. The number of hydrogen-bond acceptors (Lipinski definition) is 4. The first-order valence-corrected chi connectivity index (χ1v) is 8.71. The molecule has 0 aromatic heterocycles. The van der Waals surface area contributed by atoms with Crippen LogP contribution in [0.1, 0.15) is 48.2 Å². The van der Waals surface area contributed by atoms with Crippen molar-refractivity contribution in [3.63, 3.8) is 0 Å². The molecule has 1 N–H and O–H groups in total. The zero-order valence-electron chi connectivity index (χ0n) is 15.3. The molecule has 0 spiro atoms. The number of halogens is 1. The van der Waals surface area contributed by atoms with E-state index in [9.17, 15) is 9.59 Å². The number of anilines is 1. The van der Waals surface area contributed by atoms with Gasteiger partial charge in [-0.15, -0.1) is 12.4 Å². The maximum Gasteiger partial charge on any atom is 0.227 e. The molecule has 1 aromatic carbocycles. The predicted octanol–water partition coefficient (Wildman–Crippen LogP) is 2.77. The lowest BCUT2D eigenvalue weighted by molar-refractivity contribution is -0.118. The van der Waals surface area contributed by atoms with Gasteiger partial charge >= 0.3 is 0 Å². The number of amides is 1. The van der Waals surface area contributed by atoms with Crippen molar-refractivity contribution in [2.75, 3.05) is 25.6 Å². The average molecular weight is 367 g/mol. The highest BCUT2D eigenvalue weighted by atomic mass is 35.5. The minimum atomic E-state index is 0. The first kappa shape index (κ1) is 19.7. The number of Topliss-reactive ketones (excluding diaryl/α,β-unsaturated/α-hetero) is 1. The quantitative estimate of drug-likeness (QED) is 0.890. The van der Waals surface area contributed by atoms with Gasteiger partial charge in [0.05, 0.1) is 12.8 Å². The smallest absolute Gasteiger partial charge is 0.227 e. The van der Waals surface area contributed by atoms with Crippen LogP contribution < -0.4 is 15.0 Å². The van der Waals surface area contributed by atoms with Crippen LogP contribution in [-0.2, 0) is 17.6 Å². The second-order valence-corrected chi connectivity index (χ2v) is 7.05. The van der Waals surface area contributed by atoms with Gasteiger partial charge in [0.25, 0.3) is 0 Å². The third-order valence-electron chi connectivity index (χ3n) is 5.15. The standard InChI is InChI=1S/C19H26N2O3.ClH/c1-11(2)20-10-12-5-6-13-14-7-8-17(22)21(3)18(14)16(24-4)9-15(13)19(12)23;/h9,11-12,20H,5-8,10H2,1-4H3;1H. The number of nitrogens with zero attached hydrogens (tertiary/aromatic N) is 1. The first-order chi connectivity index (χ1) is 11.4. The van der Waals surface area contributed by atoms with Crippen molar-refractivity contribution in [2.45, 2.75) is 45.6 Å². The van der Waals surface area contributed by atoms with E-state index in [1.165, 1.54) is 0 Å². The molecule has 1 unspecified atom stereocenters. The second kappa shape index (κ2) is 7.75. The lowest BCUT2D eigenvalue weighted by Gasteiger charge is -2.33. The Morgan fingerprint density at radius 3 is 2.60 bits per heavy atom. The summed E-state index contributed by atoms with van der Waals surface area (Å²) in [6, 6.07) is 2.21. The molecule has 1 atom stereocenters. The third kappa shape index (κ3) is 3.53. The minimum absolute atomic E-state index is 0. The van der Waals surface area contributed by atoms with Gasteiger partial charge in [-0.3, -0.25) is 9.59 Å². The van der Waals surface area contributed by atoms with E-state index in [2.05, 4.69) is 19.2 Å². The summed E-state index contributed by atoms with van der Waals surface area (Å²) in [6.45, 7) is 4.90. The molecule has 2 aliphatic rings. The van der Waals surface area contributed by atoms with E-state index < -0.39 is 0 Å². The van der Waals surface area contributed by atoms with Crippen LogP contribution in [-0.4, -0.2) is 38.4 Å². The van der Waals surface area contributed by atoms with Gasteiger partial charge in [-0.25, -0.2) is 0 Å². The normalized spacial score (nSPS) is 19.4.